The number of benzene rings is 1. The molecule has 1 atom stereocenters. The average molecular weight is 428 g/mol. The molecule has 3 N–H and O–H groups in total. The minimum atomic E-state index is -0.716. The van der Waals surface area contributed by atoms with Crippen LogP contribution in [0.4, 0.5) is 10.1 Å². The van der Waals surface area contributed by atoms with Crippen LogP contribution in [0.5, 0.6) is 0 Å². The SMILES string of the molecule is C[C@@]1(c2cc(NC(=O)c3ccc(Br)s3)ccc2F)CCSC(N)=N1. The molecule has 1 amide bonds. The van der Waals surface area contributed by atoms with Crippen molar-refractivity contribution in [3.8, 4) is 0 Å². The Labute approximate surface area is 155 Å². The molecule has 126 valence electrons. The van der Waals surface area contributed by atoms with Crippen molar-refractivity contribution >= 4 is 55.8 Å². The Kier molecular flexibility index (Phi) is 4.98. The van der Waals surface area contributed by atoms with Crippen LogP contribution in [0.25, 0.3) is 0 Å². The van der Waals surface area contributed by atoms with Crippen molar-refractivity contribution in [2.75, 3.05) is 11.1 Å². The van der Waals surface area contributed by atoms with Crippen LogP contribution in [0.2, 0.25) is 0 Å². The maximum atomic E-state index is 14.4. The molecular weight excluding hydrogens is 413 g/mol. The fourth-order valence-electron chi connectivity index (χ4n) is 2.53. The van der Waals surface area contributed by atoms with Gasteiger partial charge in [0.2, 0.25) is 0 Å². The molecule has 0 saturated carbocycles. The highest BCUT2D eigenvalue weighted by Gasteiger charge is 2.32. The Hall–Kier alpha value is -1.38. The van der Waals surface area contributed by atoms with Crippen LogP contribution in [0.15, 0.2) is 39.1 Å². The summed E-state index contributed by atoms with van der Waals surface area (Å²) in [6, 6.07) is 8.09. The average Bonchev–Trinajstić information content (AvgIpc) is 2.95. The van der Waals surface area contributed by atoms with Gasteiger partial charge in [-0.3, -0.25) is 9.79 Å². The van der Waals surface area contributed by atoms with Gasteiger partial charge in [0.25, 0.3) is 5.91 Å². The van der Waals surface area contributed by atoms with Crippen LogP contribution in [0.1, 0.15) is 28.6 Å². The predicted octanol–water partition coefficient (Wildman–Crippen LogP) is 4.57. The third-order valence-corrected chi connectivity index (χ3v) is 6.21. The van der Waals surface area contributed by atoms with Crippen LogP contribution in [0.3, 0.4) is 0 Å². The van der Waals surface area contributed by atoms with Crippen molar-refractivity contribution in [1.29, 1.82) is 0 Å². The first-order chi connectivity index (χ1) is 11.4. The number of amidine groups is 1. The number of anilines is 1. The molecular formula is C16H15BrFN3OS2. The lowest BCUT2D eigenvalue weighted by Crippen LogP contribution is -2.29. The number of hydrogen-bond donors (Lipinski definition) is 2. The third kappa shape index (κ3) is 3.65. The van der Waals surface area contributed by atoms with Gasteiger partial charge in [0.05, 0.1) is 14.2 Å². The molecule has 1 aromatic heterocycles. The zero-order valence-corrected chi connectivity index (χ0v) is 16.0. The number of carbonyl (C=O) groups is 1. The Bertz CT molecular complexity index is 823. The van der Waals surface area contributed by atoms with Gasteiger partial charge < -0.3 is 11.1 Å². The summed E-state index contributed by atoms with van der Waals surface area (Å²) >= 11 is 6.14. The van der Waals surface area contributed by atoms with Gasteiger partial charge in [-0.25, -0.2) is 4.39 Å². The lowest BCUT2D eigenvalue weighted by molar-refractivity contribution is 0.103. The van der Waals surface area contributed by atoms with Crippen molar-refractivity contribution < 1.29 is 9.18 Å². The van der Waals surface area contributed by atoms with E-state index in [9.17, 15) is 9.18 Å². The molecule has 1 aliphatic heterocycles. The lowest BCUT2D eigenvalue weighted by Gasteiger charge is -2.30. The van der Waals surface area contributed by atoms with E-state index in [2.05, 4.69) is 26.2 Å². The molecule has 4 nitrogen and oxygen atoms in total. The highest BCUT2D eigenvalue weighted by atomic mass is 79.9. The molecule has 0 bridgehead atoms. The molecule has 1 aliphatic rings. The second kappa shape index (κ2) is 6.85. The van der Waals surface area contributed by atoms with Crippen LogP contribution < -0.4 is 11.1 Å². The number of halogens is 2. The summed E-state index contributed by atoms with van der Waals surface area (Å²) in [5.74, 6) is 0.207. The summed E-state index contributed by atoms with van der Waals surface area (Å²) < 4.78 is 15.2. The fourth-order valence-corrected chi connectivity index (χ4v) is 4.78. The van der Waals surface area contributed by atoms with Crippen LogP contribution in [-0.4, -0.2) is 16.8 Å². The molecule has 0 unspecified atom stereocenters. The van der Waals surface area contributed by atoms with E-state index in [1.165, 1.54) is 29.2 Å². The summed E-state index contributed by atoms with van der Waals surface area (Å²) in [5.41, 5.74) is 6.07. The van der Waals surface area contributed by atoms with Crippen molar-refractivity contribution in [3.63, 3.8) is 0 Å². The van der Waals surface area contributed by atoms with Crippen LogP contribution in [-0.2, 0) is 5.54 Å². The van der Waals surface area contributed by atoms with E-state index in [0.717, 1.165) is 9.54 Å². The second-order valence-corrected chi connectivity index (χ2v) is 9.15. The first-order valence-electron chi connectivity index (χ1n) is 7.22. The van der Waals surface area contributed by atoms with Crippen molar-refractivity contribution in [2.45, 2.75) is 18.9 Å². The van der Waals surface area contributed by atoms with Crippen molar-refractivity contribution in [2.24, 2.45) is 10.7 Å². The van der Waals surface area contributed by atoms with E-state index < -0.39 is 5.54 Å². The molecule has 0 fully saturated rings. The van der Waals surface area contributed by atoms with Gasteiger partial charge in [-0.05, 0) is 59.6 Å². The topological polar surface area (TPSA) is 67.5 Å². The smallest absolute Gasteiger partial charge is 0.265 e. The summed E-state index contributed by atoms with van der Waals surface area (Å²) in [5, 5.41) is 3.27. The Morgan fingerprint density at radius 1 is 1.42 bits per heavy atom. The van der Waals surface area contributed by atoms with Crippen molar-refractivity contribution in [1.82, 2.24) is 0 Å². The molecule has 2 aromatic rings. The quantitative estimate of drug-likeness (QED) is 0.753. The number of nitrogens with two attached hydrogens (primary N) is 1. The van der Waals surface area contributed by atoms with E-state index >= 15 is 0 Å². The number of aliphatic imine (C=N–C) groups is 1. The predicted molar refractivity (Wildman–Crippen MR) is 102 cm³/mol. The van der Waals surface area contributed by atoms with E-state index in [1.54, 1.807) is 18.2 Å². The monoisotopic (exact) mass is 427 g/mol. The molecule has 8 heteroatoms. The van der Waals surface area contributed by atoms with E-state index in [1.807, 2.05) is 13.0 Å². The van der Waals surface area contributed by atoms with Gasteiger partial charge in [-0.15, -0.1) is 11.3 Å². The Balaban J connectivity index is 1.89. The molecule has 0 aliphatic carbocycles. The minimum absolute atomic E-state index is 0.226. The Morgan fingerprint density at radius 3 is 2.88 bits per heavy atom. The van der Waals surface area contributed by atoms with Gasteiger partial charge >= 0.3 is 0 Å². The van der Waals surface area contributed by atoms with Gasteiger partial charge in [0.1, 0.15) is 5.82 Å². The maximum Gasteiger partial charge on any atom is 0.265 e. The van der Waals surface area contributed by atoms with E-state index in [0.29, 0.717) is 27.7 Å². The number of thiophene rings is 1. The lowest BCUT2D eigenvalue weighted by atomic mass is 9.89. The van der Waals surface area contributed by atoms with Crippen LogP contribution >= 0.6 is 39.0 Å². The summed E-state index contributed by atoms with van der Waals surface area (Å²) in [6.45, 7) is 1.86. The summed E-state index contributed by atoms with van der Waals surface area (Å²) in [7, 11) is 0. The minimum Gasteiger partial charge on any atom is -0.379 e. The number of nitrogens with one attached hydrogen (secondary N) is 1. The number of thioether (sulfide) groups is 1. The molecule has 0 spiro atoms. The molecule has 0 saturated heterocycles. The number of rotatable bonds is 3. The number of amides is 1. The van der Waals surface area contributed by atoms with Crippen LogP contribution in [0, 0.1) is 5.82 Å². The first-order valence-corrected chi connectivity index (χ1v) is 9.82. The maximum absolute atomic E-state index is 14.4. The third-order valence-electron chi connectivity index (χ3n) is 3.80. The second-order valence-electron chi connectivity index (χ2n) is 5.57. The zero-order valence-electron chi connectivity index (χ0n) is 12.8. The standard InChI is InChI=1S/C16H15BrFN3OS2/c1-16(6-7-23-15(19)21-16)10-8-9(2-3-11(10)18)20-14(22)12-4-5-13(17)24-12/h2-5,8H,6-7H2,1H3,(H2,19,21)(H,20,22)/t16-/m0/s1. The molecule has 1 aromatic carbocycles. The first kappa shape index (κ1) is 17.4. The molecule has 2 heterocycles. The highest BCUT2D eigenvalue weighted by Crippen LogP contribution is 2.37. The normalized spacial score (nSPS) is 20.5. The van der Waals surface area contributed by atoms with Crippen molar-refractivity contribution in [3.05, 3.63) is 50.4 Å². The highest BCUT2D eigenvalue weighted by molar-refractivity contribution is 9.11. The number of nitrogens with zero attached hydrogens (tertiary/aromatic N) is 1. The molecule has 3 rings (SSSR count). The van der Waals surface area contributed by atoms with E-state index in [-0.39, 0.29) is 11.7 Å². The van der Waals surface area contributed by atoms with Gasteiger partial charge in [-0.1, -0.05) is 11.8 Å². The molecule has 0 radical (unpaired) electrons. The molecule has 24 heavy (non-hydrogen) atoms. The number of carbonyl (C=O) groups excluding carboxylic acids is 1. The summed E-state index contributed by atoms with van der Waals surface area (Å²) in [4.78, 5) is 17.3. The van der Waals surface area contributed by atoms with E-state index in [4.69, 9.17) is 5.73 Å². The van der Waals surface area contributed by atoms with Gasteiger partial charge in [0, 0.05) is 17.0 Å². The largest absolute Gasteiger partial charge is 0.379 e. The fraction of sp³-hybridized carbons (Fsp3) is 0.250. The van der Waals surface area contributed by atoms with Gasteiger partial charge in [-0.2, -0.15) is 0 Å². The Morgan fingerprint density at radius 2 is 2.21 bits per heavy atom. The van der Waals surface area contributed by atoms with Gasteiger partial charge in [0.15, 0.2) is 5.17 Å². The number of hydrogen-bond acceptors (Lipinski definition) is 5. The summed E-state index contributed by atoms with van der Waals surface area (Å²) in [6.07, 6.45) is 0.685. The zero-order chi connectivity index (χ0) is 17.3.